The predicted molar refractivity (Wildman–Crippen MR) is 133 cm³/mol. The molecule has 4 nitrogen and oxygen atoms in total. The largest absolute Gasteiger partial charge is 0.326 e. The van der Waals surface area contributed by atoms with Crippen LogP contribution in [0.1, 0.15) is 46.9 Å². The van der Waals surface area contributed by atoms with E-state index in [1.807, 2.05) is 78.6 Å². The lowest BCUT2D eigenvalue weighted by Crippen LogP contribution is -2.28. The van der Waals surface area contributed by atoms with Gasteiger partial charge in [0.2, 0.25) is 11.8 Å². The van der Waals surface area contributed by atoms with E-state index in [2.05, 4.69) is 25.2 Å². The second-order valence-electron chi connectivity index (χ2n) is 8.13. The van der Waals surface area contributed by atoms with E-state index < -0.39 is 0 Å². The molecule has 0 radical (unpaired) electrons. The van der Waals surface area contributed by atoms with Crippen molar-refractivity contribution in [3.8, 4) is 0 Å². The molecule has 1 aliphatic rings. The number of hydrogen-bond acceptors (Lipinski definition) is 3. The Kier molecular flexibility index (Phi) is 6.66. The van der Waals surface area contributed by atoms with Crippen molar-refractivity contribution in [2.24, 2.45) is 0 Å². The van der Waals surface area contributed by atoms with Gasteiger partial charge in [-0.3, -0.25) is 14.5 Å². The maximum absolute atomic E-state index is 12.9. The van der Waals surface area contributed by atoms with Gasteiger partial charge < -0.3 is 5.32 Å². The van der Waals surface area contributed by atoms with E-state index in [-0.39, 0.29) is 23.1 Å². The third kappa shape index (κ3) is 4.44. The monoisotopic (exact) mass is 444 g/mol. The minimum atomic E-state index is -0.182. The number of thioether (sulfide) groups is 1. The van der Waals surface area contributed by atoms with Gasteiger partial charge in [0.25, 0.3) is 0 Å². The molecule has 1 aliphatic heterocycles. The van der Waals surface area contributed by atoms with Crippen LogP contribution in [-0.2, 0) is 9.59 Å². The quantitative estimate of drug-likeness (QED) is 0.491. The molecule has 0 aliphatic carbocycles. The van der Waals surface area contributed by atoms with Crippen LogP contribution < -0.4 is 10.2 Å². The van der Waals surface area contributed by atoms with Crippen molar-refractivity contribution in [1.82, 2.24) is 0 Å². The smallest absolute Gasteiger partial charge is 0.238 e. The molecule has 32 heavy (non-hydrogen) atoms. The summed E-state index contributed by atoms with van der Waals surface area (Å²) in [5.74, 6) is 0.401. The predicted octanol–water partition coefficient (Wildman–Crippen LogP) is 6.21. The normalized spacial score (nSPS) is 16.8. The highest BCUT2D eigenvalue weighted by atomic mass is 32.2. The summed E-state index contributed by atoms with van der Waals surface area (Å²) in [6.45, 7) is 6.15. The van der Waals surface area contributed by atoms with Crippen LogP contribution in [0.15, 0.2) is 72.8 Å². The van der Waals surface area contributed by atoms with Crippen molar-refractivity contribution in [1.29, 1.82) is 0 Å². The van der Waals surface area contributed by atoms with Gasteiger partial charge in [-0.15, -0.1) is 11.8 Å². The Morgan fingerprint density at radius 2 is 1.75 bits per heavy atom. The standard InChI is InChI=1S/C27H28N2O2S/c1-4-23(20-10-6-5-7-11-20)26(31)28-22-15-13-21(14-16-22)27-29(25(30)17-32-27)24-12-8-9-18(2)19(24)3/h5-16,23,27H,4,17H2,1-3H3,(H,28,31)/t23-,27+/m1/s1. The van der Waals surface area contributed by atoms with E-state index in [0.29, 0.717) is 5.75 Å². The van der Waals surface area contributed by atoms with Gasteiger partial charge in [0.15, 0.2) is 0 Å². The van der Waals surface area contributed by atoms with E-state index in [9.17, 15) is 9.59 Å². The molecule has 164 valence electrons. The Labute approximate surface area is 194 Å². The number of anilines is 2. The maximum Gasteiger partial charge on any atom is 0.238 e. The third-order valence-electron chi connectivity index (χ3n) is 6.09. The summed E-state index contributed by atoms with van der Waals surface area (Å²) in [6, 6.07) is 23.8. The molecule has 1 saturated heterocycles. The lowest BCUT2D eigenvalue weighted by Gasteiger charge is -2.26. The van der Waals surface area contributed by atoms with Crippen molar-refractivity contribution < 1.29 is 9.59 Å². The SMILES string of the molecule is CC[C@@H](C(=O)Nc1ccc([C@@H]2SCC(=O)N2c2cccc(C)c2C)cc1)c1ccccc1. The summed E-state index contributed by atoms with van der Waals surface area (Å²) in [5.41, 5.74) is 6.11. The van der Waals surface area contributed by atoms with Crippen LogP contribution in [0, 0.1) is 13.8 Å². The molecule has 0 unspecified atom stereocenters. The molecule has 4 rings (SSSR count). The fraction of sp³-hybridized carbons (Fsp3) is 0.259. The molecule has 0 aromatic heterocycles. The van der Waals surface area contributed by atoms with Crippen molar-refractivity contribution in [3.63, 3.8) is 0 Å². The number of benzene rings is 3. The van der Waals surface area contributed by atoms with Crippen molar-refractivity contribution in [2.75, 3.05) is 16.0 Å². The molecule has 0 saturated carbocycles. The van der Waals surface area contributed by atoms with Crippen LogP contribution in [0.25, 0.3) is 0 Å². The summed E-state index contributed by atoms with van der Waals surface area (Å²) in [7, 11) is 0. The van der Waals surface area contributed by atoms with E-state index in [0.717, 1.165) is 34.5 Å². The molecule has 3 aromatic rings. The highest BCUT2D eigenvalue weighted by Gasteiger charge is 2.35. The van der Waals surface area contributed by atoms with E-state index >= 15 is 0 Å². The zero-order valence-corrected chi connectivity index (χ0v) is 19.5. The fourth-order valence-electron chi connectivity index (χ4n) is 4.15. The Morgan fingerprint density at radius 3 is 2.44 bits per heavy atom. The first-order chi connectivity index (χ1) is 15.5. The number of carbonyl (C=O) groups excluding carboxylic acids is 2. The van der Waals surface area contributed by atoms with Gasteiger partial charge in [-0.25, -0.2) is 0 Å². The maximum atomic E-state index is 12.9. The first-order valence-corrected chi connectivity index (χ1v) is 12.0. The second kappa shape index (κ2) is 9.61. The number of carbonyl (C=O) groups is 2. The van der Waals surface area contributed by atoms with E-state index in [4.69, 9.17) is 0 Å². The summed E-state index contributed by atoms with van der Waals surface area (Å²) < 4.78 is 0. The van der Waals surface area contributed by atoms with Crippen molar-refractivity contribution >= 4 is 35.0 Å². The van der Waals surface area contributed by atoms with Crippen LogP contribution in [0.4, 0.5) is 11.4 Å². The van der Waals surface area contributed by atoms with E-state index in [1.54, 1.807) is 11.8 Å². The zero-order valence-electron chi connectivity index (χ0n) is 18.7. The van der Waals surface area contributed by atoms with Gasteiger partial charge in [0.1, 0.15) is 5.37 Å². The molecule has 1 fully saturated rings. The second-order valence-corrected chi connectivity index (χ2v) is 9.20. The molecular formula is C27H28N2O2S. The fourth-order valence-corrected chi connectivity index (χ4v) is 5.32. The number of nitrogens with zero attached hydrogens (tertiary/aromatic N) is 1. The molecular weight excluding hydrogens is 416 g/mol. The Morgan fingerprint density at radius 1 is 1.03 bits per heavy atom. The first kappa shape index (κ1) is 22.2. The van der Waals surface area contributed by atoms with Gasteiger partial charge >= 0.3 is 0 Å². The average Bonchev–Trinajstić information content (AvgIpc) is 3.18. The van der Waals surface area contributed by atoms with Gasteiger partial charge in [-0.05, 0) is 60.7 Å². The number of rotatable bonds is 6. The van der Waals surface area contributed by atoms with Crippen LogP contribution in [0.3, 0.4) is 0 Å². The average molecular weight is 445 g/mol. The number of amides is 2. The Balaban J connectivity index is 1.52. The van der Waals surface area contributed by atoms with Crippen LogP contribution in [0.2, 0.25) is 0 Å². The summed E-state index contributed by atoms with van der Waals surface area (Å²) >= 11 is 1.64. The van der Waals surface area contributed by atoms with Crippen molar-refractivity contribution in [3.05, 3.63) is 95.1 Å². The van der Waals surface area contributed by atoms with Gasteiger partial charge in [0, 0.05) is 11.4 Å². The summed E-state index contributed by atoms with van der Waals surface area (Å²) in [6.07, 6.45) is 0.736. The number of aryl methyl sites for hydroxylation is 1. The van der Waals surface area contributed by atoms with Crippen LogP contribution in [-0.4, -0.2) is 17.6 Å². The molecule has 5 heteroatoms. The first-order valence-electron chi connectivity index (χ1n) is 10.9. The Bertz CT molecular complexity index is 1110. The minimum Gasteiger partial charge on any atom is -0.326 e. The van der Waals surface area contributed by atoms with Crippen LogP contribution >= 0.6 is 11.8 Å². The van der Waals surface area contributed by atoms with Crippen molar-refractivity contribution in [2.45, 2.75) is 38.5 Å². The molecule has 1 heterocycles. The topological polar surface area (TPSA) is 49.4 Å². The lowest BCUT2D eigenvalue weighted by atomic mass is 9.95. The number of hydrogen-bond donors (Lipinski definition) is 1. The molecule has 2 atom stereocenters. The minimum absolute atomic E-state index is 0.00567. The zero-order chi connectivity index (χ0) is 22.7. The lowest BCUT2D eigenvalue weighted by molar-refractivity contribution is -0.118. The van der Waals surface area contributed by atoms with E-state index in [1.165, 1.54) is 5.56 Å². The molecule has 1 N–H and O–H groups in total. The molecule has 0 spiro atoms. The molecule has 2 amide bonds. The summed E-state index contributed by atoms with van der Waals surface area (Å²) in [5, 5.41) is 2.98. The highest BCUT2D eigenvalue weighted by Crippen LogP contribution is 2.43. The van der Waals surface area contributed by atoms with Crippen LogP contribution in [0.5, 0.6) is 0 Å². The Hall–Kier alpha value is -3.05. The highest BCUT2D eigenvalue weighted by molar-refractivity contribution is 8.00. The van der Waals surface area contributed by atoms with Gasteiger partial charge in [-0.1, -0.05) is 61.5 Å². The summed E-state index contributed by atoms with van der Waals surface area (Å²) in [4.78, 5) is 27.5. The van der Waals surface area contributed by atoms with Gasteiger partial charge in [0.05, 0.1) is 11.7 Å². The molecule has 0 bridgehead atoms. The molecule has 3 aromatic carbocycles. The van der Waals surface area contributed by atoms with Gasteiger partial charge in [-0.2, -0.15) is 0 Å². The number of nitrogens with one attached hydrogen (secondary N) is 1. The third-order valence-corrected chi connectivity index (χ3v) is 7.31.